The van der Waals surface area contributed by atoms with E-state index in [0.29, 0.717) is 35.4 Å². The maximum Gasteiger partial charge on any atom is 0.414 e. The molecular weight excluding hydrogens is 454 g/mol. The van der Waals surface area contributed by atoms with E-state index in [2.05, 4.69) is 11.0 Å². The first-order valence-electron chi connectivity index (χ1n) is 13.2. The van der Waals surface area contributed by atoms with E-state index in [1.807, 2.05) is 12.1 Å². The highest BCUT2D eigenvalue weighted by molar-refractivity contribution is 6.21. The van der Waals surface area contributed by atoms with Crippen LogP contribution in [0.25, 0.3) is 0 Å². The third kappa shape index (κ3) is 4.64. The van der Waals surface area contributed by atoms with Gasteiger partial charge in [0.2, 0.25) is 0 Å². The molecule has 5 rings (SSSR count). The van der Waals surface area contributed by atoms with E-state index in [-0.39, 0.29) is 17.9 Å². The van der Waals surface area contributed by atoms with Gasteiger partial charge in [0, 0.05) is 32.6 Å². The Morgan fingerprint density at radius 2 is 1.61 bits per heavy atom. The number of likely N-dealkylation sites (tertiary alicyclic amines) is 1. The second-order valence-electron chi connectivity index (χ2n) is 10.3. The zero-order valence-electron chi connectivity index (χ0n) is 21.2. The molecule has 1 fully saturated rings. The van der Waals surface area contributed by atoms with Gasteiger partial charge < -0.3 is 9.64 Å². The maximum absolute atomic E-state index is 12.5. The highest BCUT2D eigenvalue weighted by atomic mass is 16.6. The minimum Gasteiger partial charge on any atom is -0.410 e. The number of fused-ring (bicyclic) bond motifs is 4. The lowest BCUT2D eigenvalue weighted by atomic mass is 9.79. The van der Waals surface area contributed by atoms with Gasteiger partial charge in [-0.15, -0.1) is 0 Å². The number of hydrogen-bond donors (Lipinski definition) is 0. The normalized spacial score (nSPS) is 20.8. The van der Waals surface area contributed by atoms with Crippen LogP contribution in [0.15, 0.2) is 42.5 Å². The Morgan fingerprint density at radius 3 is 2.31 bits per heavy atom. The lowest BCUT2D eigenvalue weighted by Gasteiger charge is -2.34. The molecule has 0 radical (unpaired) electrons. The number of hydrogen-bond acceptors (Lipinski definition) is 5. The lowest BCUT2D eigenvalue weighted by molar-refractivity contribution is 0.0651. The van der Waals surface area contributed by atoms with E-state index in [1.165, 1.54) is 20.9 Å². The van der Waals surface area contributed by atoms with E-state index in [1.54, 1.807) is 38.4 Å². The van der Waals surface area contributed by atoms with Crippen LogP contribution in [0.2, 0.25) is 0 Å². The topological polar surface area (TPSA) is 70.2 Å². The maximum atomic E-state index is 12.5. The standard InChI is InChI=1S/C29H35N3O4/c1-30(2)29(35)36-26-13-9-12-20-21-16-19-31(25(21)15-14-22(20)26)17-7-3-4-8-18-32-27(33)23-10-5-6-11-24(23)28(32)34/h5-6,9-13,21,25H,3-4,7-8,14-19H2,1-2H3. The summed E-state index contributed by atoms with van der Waals surface area (Å²) in [7, 11) is 3.40. The third-order valence-corrected chi connectivity index (χ3v) is 7.94. The predicted molar refractivity (Wildman–Crippen MR) is 137 cm³/mol. The van der Waals surface area contributed by atoms with Crippen LogP contribution < -0.4 is 4.74 Å². The minimum atomic E-state index is -0.332. The second kappa shape index (κ2) is 10.4. The summed E-state index contributed by atoms with van der Waals surface area (Å²) in [5.74, 6) is 0.897. The predicted octanol–water partition coefficient (Wildman–Crippen LogP) is 4.71. The Kier molecular flexibility index (Phi) is 7.10. The van der Waals surface area contributed by atoms with E-state index in [4.69, 9.17) is 4.74 Å². The van der Waals surface area contributed by atoms with Gasteiger partial charge in [-0.05, 0) is 74.5 Å². The molecule has 2 aromatic carbocycles. The van der Waals surface area contributed by atoms with E-state index in [9.17, 15) is 14.4 Å². The van der Waals surface area contributed by atoms with Crippen molar-refractivity contribution >= 4 is 17.9 Å². The number of nitrogens with zero attached hydrogens (tertiary/aromatic N) is 3. The number of ether oxygens (including phenoxy) is 1. The monoisotopic (exact) mass is 489 g/mol. The first-order chi connectivity index (χ1) is 17.5. The van der Waals surface area contributed by atoms with Crippen molar-refractivity contribution in [2.24, 2.45) is 0 Å². The van der Waals surface area contributed by atoms with Crippen molar-refractivity contribution in [1.82, 2.24) is 14.7 Å². The molecule has 2 atom stereocenters. The number of rotatable bonds is 8. The molecule has 2 heterocycles. The van der Waals surface area contributed by atoms with Gasteiger partial charge in [-0.25, -0.2) is 4.79 Å². The summed E-state index contributed by atoms with van der Waals surface area (Å²) in [5, 5.41) is 0. The molecule has 7 nitrogen and oxygen atoms in total. The third-order valence-electron chi connectivity index (χ3n) is 7.94. The highest BCUT2D eigenvalue weighted by Gasteiger charge is 2.39. The molecule has 1 aliphatic carbocycles. The zero-order valence-corrected chi connectivity index (χ0v) is 21.2. The number of benzene rings is 2. The Bertz CT molecular complexity index is 1130. The molecule has 36 heavy (non-hydrogen) atoms. The second-order valence-corrected chi connectivity index (χ2v) is 10.3. The Hall–Kier alpha value is -3.19. The molecule has 2 aliphatic heterocycles. The number of carbonyl (C=O) groups excluding carboxylic acids is 3. The molecule has 3 aliphatic rings. The van der Waals surface area contributed by atoms with E-state index in [0.717, 1.165) is 58.0 Å². The average Bonchev–Trinajstić information content (AvgIpc) is 3.40. The Labute approximate surface area is 213 Å². The van der Waals surface area contributed by atoms with Crippen molar-refractivity contribution in [1.29, 1.82) is 0 Å². The van der Waals surface area contributed by atoms with Crippen molar-refractivity contribution in [3.05, 3.63) is 64.7 Å². The number of amides is 3. The van der Waals surface area contributed by atoms with Gasteiger partial charge in [0.1, 0.15) is 5.75 Å². The molecule has 0 spiro atoms. The fourth-order valence-electron chi connectivity index (χ4n) is 6.09. The SMILES string of the molecule is CN(C)C(=O)Oc1cccc2c1CCC1C2CCN1CCCCCCN1C(=O)c2ccccc2C1=O. The van der Waals surface area contributed by atoms with Crippen molar-refractivity contribution < 1.29 is 19.1 Å². The summed E-state index contributed by atoms with van der Waals surface area (Å²) in [4.78, 5) is 42.6. The quantitative estimate of drug-likeness (QED) is 0.397. The molecule has 7 heteroatoms. The van der Waals surface area contributed by atoms with E-state index >= 15 is 0 Å². The van der Waals surface area contributed by atoms with Crippen molar-refractivity contribution in [3.8, 4) is 5.75 Å². The summed E-state index contributed by atoms with van der Waals surface area (Å²) in [6.07, 6.45) is 6.91. The Balaban J connectivity index is 1.08. The lowest BCUT2D eigenvalue weighted by Crippen LogP contribution is -2.36. The number of imide groups is 1. The molecule has 0 N–H and O–H groups in total. The summed E-state index contributed by atoms with van der Waals surface area (Å²) in [6, 6.07) is 13.8. The minimum absolute atomic E-state index is 0.157. The van der Waals surface area contributed by atoms with Crippen LogP contribution in [-0.2, 0) is 6.42 Å². The summed E-state index contributed by atoms with van der Waals surface area (Å²) in [5.41, 5.74) is 3.61. The zero-order chi connectivity index (χ0) is 25.2. The van der Waals surface area contributed by atoms with Gasteiger partial charge in [-0.2, -0.15) is 0 Å². The summed E-state index contributed by atoms with van der Waals surface area (Å²) >= 11 is 0. The molecule has 3 amide bonds. The molecule has 0 aromatic heterocycles. The van der Waals surface area contributed by atoms with Crippen molar-refractivity contribution in [3.63, 3.8) is 0 Å². The number of unbranched alkanes of at least 4 members (excludes halogenated alkanes) is 3. The van der Waals surface area contributed by atoms with Crippen LogP contribution in [0.1, 0.15) is 76.3 Å². The van der Waals surface area contributed by atoms with Crippen molar-refractivity contribution in [2.75, 3.05) is 33.7 Å². The van der Waals surface area contributed by atoms with Gasteiger partial charge in [0.15, 0.2) is 0 Å². The Morgan fingerprint density at radius 1 is 0.917 bits per heavy atom. The van der Waals surface area contributed by atoms with Crippen LogP contribution in [0.5, 0.6) is 5.75 Å². The largest absolute Gasteiger partial charge is 0.414 e. The smallest absolute Gasteiger partial charge is 0.410 e. The highest BCUT2D eigenvalue weighted by Crippen LogP contribution is 2.44. The summed E-state index contributed by atoms with van der Waals surface area (Å²) < 4.78 is 5.65. The van der Waals surface area contributed by atoms with Crippen LogP contribution in [0, 0.1) is 0 Å². The molecule has 0 bridgehead atoms. The first kappa shape index (κ1) is 24.5. The first-order valence-corrected chi connectivity index (χ1v) is 13.2. The van der Waals surface area contributed by atoms with Crippen LogP contribution >= 0.6 is 0 Å². The van der Waals surface area contributed by atoms with Gasteiger partial charge in [-0.3, -0.25) is 19.4 Å². The van der Waals surface area contributed by atoms with Gasteiger partial charge in [0.25, 0.3) is 11.8 Å². The molecule has 2 unspecified atom stereocenters. The molecule has 2 aromatic rings. The average molecular weight is 490 g/mol. The van der Waals surface area contributed by atoms with Gasteiger partial charge in [-0.1, -0.05) is 37.1 Å². The summed E-state index contributed by atoms with van der Waals surface area (Å²) in [6.45, 7) is 2.68. The van der Waals surface area contributed by atoms with E-state index < -0.39 is 0 Å². The van der Waals surface area contributed by atoms with Crippen LogP contribution in [-0.4, -0.2) is 72.4 Å². The number of carbonyl (C=O) groups is 3. The van der Waals surface area contributed by atoms with Crippen LogP contribution in [0.4, 0.5) is 4.79 Å². The fraction of sp³-hybridized carbons (Fsp3) is 0.483. The van der Waals surface area contributed by atoms with Crippen LogP contribution in [0.3, 0.4) is 0 Å². The molecule has 0 saturated carbocycles. The van der Waals surface area contributed by atoms with Gasteiger partial charge >= 0.3 is 6.09 Å². The van der Waals surface area contributed by atoms with Gasteiger partial charge in [0.05, 0.1) is 11.1 Å². The molecule has 190 valence electrons. The molecule has 1 saturated heterocycles. The molecular formula is C29H35N3O4. The van der Waals surface area contributed by atoms with Crippen molar-refractivity contribution in [2.45, 2.75) is 56.9 Å². The fourth-order valence-corrected chi connectivity index (χ4v) is 6.09.